The summed E-state index contributed by atoms with van der Waals surface area (Å²) in [6.07, 6.45) is 0.621. The first-order valence-electron chi connectivity index (χ1n) is 6.73. The van der Waals surface area contributed by atoms with Crippen LogP contribution in [0.1, 0.15) is 11.3 Å². The van der Waals surface area contributed by atoms with Crippen LogP contribution in [0.4, 0.5) is 5.69 Å². The van der Waals surface area contributed by atoms with Crippen molar-refractivity contribution in [3.8, 4) is 5.69 Å². The predicted octanol–water partition coefficient (Wildman–Crippen LogP) is 2.66. The summed E-state index contributed by atoms with van der Waals surface area (Å²) >= 11 is 0. The molecule has 0 radical (unpaired) electrons. The summed E-state index contributed by atoms with van der Waals surface area (Å²) in [4.78, 5) is 22.2. The van der Waals surface area contributed by atoms with Crippen LogP contribution in [0.2, 0.25) is 0 Å². The maximum absolute atomic E-state index is 12.0. The van der Waals surface area contributed by atoms with Crippen LogP contribution in [0.3, 0.4) is 0 Å². The molecule has 0 amide bonds. The fourth-order valence-corrected chi connectivity index (χ4v) is 2.27. The van der Waals surface area contributed by atoms with Crippen molar-refractivity contribution in [2.75, 3.05) is 0 Å². The van der Waals surface area contributed by atoms with E-state index in [1.54, 1.807) is 12.1 Å². The zero-order valence-corrected chi connectivity index (χ0v) is 11.6. The van der Waals surface area contributed by atoms with Gasteiger partial charge in [0.15, 0.2) is 0 Å². The van der Waals surface area contributed by atoms with Crippen LogP contribution in [-0.2, 0) is 6.42 Å². The largest absolute Gasteiger partial charge is 0.295 e. The van der Waals surface area contributed by atoms with Gasteiger partial charge in [0.25, 0.3) is 11.2 Å². The second-order valence-corrected chi connectivity index (χ2v) is 4.89. The van der Waals surface area contributed by atoms with Gasteiger partial charge in [0.1, 0.15) is 0 Å². The van der Waals surface area contributed by atoms with E-state index in [1.165, 1.54) is 22.9 Å². The van der Waals surface area contributed by atoms with Crippen molar-refractivity contribution >= 4 is 5.69 Å². The monoisotopic (exact) mass is 295 g/mol. The molecular weight excluding hydrogens is 282 g/mol. The van der Waals surface area contributed by atoms with E-state index in [-0.39, 0.29) is 11.2 Å². The topological polar surface area (TPSA) is 80.9 Å². The molecule has 0 atom stereocenters. The summed E-state index contributed by atoms with van der Waals surface area (Å²) < 4.78 is 1.38. The molecule has 0 fully saturated rings. The Morgan fingerprint density at radius 2 is 1.73 bits per heavy atom. The molecule has 1 N–H and O–H groups in total. The van der Waals surface area contributed by atoms with Crippen molar-refractivity contribution in [2.45, 2.75) is 6.42 Å². The lowest BCUT2D eigenvalue weighted by Crippen LogP contribution is -2.13. The number of benzene rings is 2. The summed E-state index contributed by atoms with van der Waals surface area (Å²) in [5, 5.41) is 13.7. The first kappa shape index (κ1) is 13.8. The average Bonchev–Trinajstić information content (AvgIpc) is 2.89. The molecule has 2 aromatic carbocycles. The minimum absolute atomic E-state index is 0.00661. The van der Waals surface area contributed by atoms with Gasteiger partial charge < -0.3 is 0 Å². The van der Waals surface area contributed by atoms with Crippen molar-refractivity contribution in [3.63, 3.8) is 0 Å². The second-order valence-electron chi connectivity index (χ2n) is 4.89. The second kappa shape index (κ2) is 5.69. The standard InChI is InChI=1S/C16H13N3O3/c20-16-11-13(10-12-4-2-1-3-5-12)17-18(16)14-6-8-15(9-7-14)19(21)22/h1-9,11,17H,10H2. The van der Waals surface area contributed by atoms with E-state index < -0.39 is 4.92 Å². The fourth-order valence-electron chi connectivity index (χ4n) is 2.27. The van der Waals surface area contributed by atoms with Gasteiger partial charge in [-0.2, -0.15) is 0 Å². The Morgan fingerprint density at radius 3 is 2.36 bits per heavy atom. The number of nitrogens with one attached hydrogen (secondary N) is 1. The molecule has 0 unspecified atom stereocenters. The van der Waals surface area contributed by atoms with Crippen molar-refractivity contribution in [2.24, 2.45) is 0 Å². The summed E-state index contributed by atoms with van der Waals surface area (Å²) in [6.45, 7) is 0. The summed E-state index contributed by atoms with van der Waals surface area (Å²) in [5.74, 6) is 0. The van der Waals surface area contributed by atoms with E-state index >= 15 is 0 Å². The molecule has 1 aromatic heterocycles. The predicted molar refractivity (Wildman–Crippen MR) is 82.3 cm³/mol. The lowest BCUT2D eigenvalue weighted by atomic mass is 10.1. The lowest BCUT2D eigenvalue weighted by molar-refractivity contribution is -0.384. The van der Waals surface area contributed by atoms with Crippen molar-refractivity contribution in [1.29, 1.82) is 0 Å². The molecule has 0 aliphatic heterocycles. The van der Waals surface area contributed by atoms with Gasteiger partial charge in [0.2, 0.25) is 0 Å². The van der Waals surface area contributed by atoms with Crippen molar-refractivity contribution in [3.05, 3.63) is 92.4 Å². The van der Waals surface area contributed by atoms with Crippen LogP contribution >= 0.6 is 0 Å². The molecule has 6 heteroatoms. The molecule has 3 aromatic rings. The number of nitro groups is 1. The Balaban J connectivity index is 1.89. The molecule has 0 saturated carbocycles. The summed E-state index contributed by atoms with van der Waals surface area (Å²) in [5.41, 5.74) is 2.25. The average molecular weight is 295 g/mol. The maximum atomic E-state index is 12.0. The third-order valence-corrected chi connectivity index (χ3v) is 3.33. The van der Waals surface area contributed by atoms with Crippen LogP contribution in [-0.4, -0.2) is 14.7 Å². The number of hydrogen-bond donors (Lipinski definition) is 1. The third kappa shape index (κ3) is 2.80. The van der Waals surface area contributed by atoms with Gasteiger partial charge in [0.05, 0.1) is 10.6 Å². The van der Waals surface area contributed by atoms with Gasteiger partial charge in [-0.1, -0.05) is 30.3 Å². The Morgan fingerprint density at radius 1 is 1.05 bits per heavy atom. The van der Waals surface area contributed by atoms with Crippen LogP contribution in [0.25, 0.3) is 5.69 Å². The summed E-state index contributed by atoms with van der Waals surface area (Å²) in [7, 11) is 0. The third-order valence-electron chi connectivity index (χ3n) is 3.33. The molecule has 110 valence electrons. The first-order valence-corrected chi connectivity index (χ1v) is 6.73. The molecule has 0 bridgehead atoms. The smallest absolute Gasteiger partial charge is 0.271 e. The van der Waals surface area contributed by atoms with E-state index in [9.17, 15) is 14.9 Å². The molecule has 0 aliphatic rings. The SMILES string of the molecule is O=c1cc(Cc2ccccc2)[nH]n1-c1ccc([N+](=O)[O-])cc1. The number of nitro benzene ring substituents is 1. The van der Waals surface area contributed by atoms with E-state index in [0.717, 1.165) is 11.3 Å². The lowest BCUT2D eigenvalue weighted by Gasteiger charge is -2.02. The summed E-state index contributed by atoms with van der Waals surface area (Å²) in [6, 6.07) is 17.2. The minimum Gasteiger partial charge on any atom is -0.295 e. The highest BCUT2D eigenvalue weighted by atomic mass is 16.6. The normalized spacial score (nSPS) is 10.5. The first-order chi connectivity index (χ1) is 10.6. The highest BCUT2D eigenvalue weighted by molar-refractivity contribution is 5.40. The number of non-ortho nitro benzene ring substituents is 1. The highest BCUT2D eigenvalue weighted by Crippen LogP contribution is 2.14. The molecule has 22 heavy (non-hydrogen) atoms. The Bertz CT molecular complexity index is 848. The quantitative estimate of drug-likeness (QED) is 0.593. The van der Waals surface area contributed by atoms with E-state index in [0.29, 0.717) is 12.1 Å². The Hall–Kier alpha value is -3.15. The molecule has 0 aliphatic carbocycles. The molecule has 0 spiro atoms. The zero-order valence-electron chi connectivity index (χ0n) is 11.6. The van der Waals surface area contributed by atoms with Gasteiger partial charge in [-0.3, -0.25) is 20.0 Å². The molecule has 6 nitrogen and oxygen atoms in total. The number of aromatic nitrogens is 2. The van der Waals surface area contributed by atoms with E-state index in [4.69, 9.17) is 0 Å². The molecule has 0 saturated heterocycles. The van der Waals surface area contributed by atoms with E-state index in [2.05, 4.69) is 5.10 Å². The Kier molecular flexibility index (Phi) is 3.57. The number of rotatable bonds is 4. The molecule has 1 heterocycles. The van der Waals surface area contributed by atoms with Gasteiger partial charge in [-0.05, 0) is 17.7 Å². The van der Waals surface area contributed by atoms with E-state index in [1.807, 2.05) is 30.3 Å². The van der Waals surface area contributed by atoms with Gasteiger partial charge in [-0.25, -0.2) is 4.68 Å². The fraction of sp³-hybridized carbons (Fsp3) is 0.0625. The van der Waals surface area contributed by atoms with Crippen LogP contribution < -0.4 is 5.56 Å². The molecular formula is C16H13N3O3. The molecule has 3 rings (SSSR count). The highest BCUT2D eigenvalue weighted by Gasteiger charge is 2.08. The number of hydrogen-bond acceptors (Lipinski definition) is 3. The van der Waals surface area contributed by atoms with Crippen LogP contribution in [0, 0.1) is 10.1 Å². The van der Waals surface area contributed by atoms with Gasteiger partial charge in [-0.15, -0.1) is 0 Å². The van der Waals surface area contributed by atoms with Gasteiger partial charge >= 0.3 is 0 Å². The number of aromatic amines is 1. The Labute approximate surface area is 125 Å². The number of nitrogens with zero attached hydrogens (tertiary/aromatic N) is 2. The van der Waals surface area contributed by atoms with Crippen LogP contribution in [0.15, 0.2) is 65.5 Å². The van der Waals surface area contributed by atoms with Crippen molar-refractivity contribution in [1.82, 2.24) is 9.78 Å². The van der Waals surface area contributed by atoms with Crippen LogP contribution in [0.5, 0.6) is 0 Å². The zero-order chi connectivity index (χ0) is 15.5. The number of H-pyrrole nitrogens is 1. The maximum Gasteiger partial charge on any atom is 0.271 e. The minimum atomic E-state index is -0.470. The van der Waals surface area contributed by atoms with Crippen molar-refractivity contribution < 1.29 is 4.92 Å². The van der Waals surface area contributed by atoms with Gasteiger partial charge in [0, 0.05) is 30.3 Å².